The average Bonchev–Trinajstić information content (AvgIpc) is 3.32. The van der Waals surface area contributed by atoms with E-state index in [1.54, 1.807) is 30.6 Å². The molecule has 0 atom stereocenters. The van der Waals surface area contributed by atoms with Crippen LogP contribution in [-0.2, 0) is 12.5 Å². The van der Waals surface area contributed by atoms with Crippen LogP contribution in [0.5, 0.6) is 5.75 Å². The number of aromatic nitrogens is 3. The van der Waals surface area contributed by atoms with E-state index in [1.165, 1.54) is 25.7 Å². The third kappa shape index (κ3) is 5.74. The number of halogens is 5. The van der Waals surface area contributed by atoms with Gasteiger partial charge in [-0.3, -0.25) is 0 Å². The van der Waals surface area contributed by atoms with Gasteiger partial charge in [-0.1, -0.05) is 32.6 Å². The molecule has 2 heterocycles. The Balaban J connectivity index is 1.29. The van der Waals surface area contributed by atoms with Crippen molar-refractivity contribution in [3.8, 4) is 17.1 Å². The molecule has 0 radical (unpaired) electrons. The molecule has 1 aliphatic rings. The molecule has 5 rings (SSSR count). The van der Waals surface area contributed by atoms with Crippen molar-refractivity contribution in [1.29, 1.82) is 0 Å². The summed E-state index contributed by atoms with van der Waals surface area (Å²) in [5.74, 6) is -3.84. The predicted octanol–water partition coefficient (Wildman–Crippen LogP) is 8.06. The summed E-state index contributed by atoms with van der Waals surface area (Å²) in [4.78, 5) is 12.8. The molecule has 0 saturated heterocycles. The van der Waals surface area contributed by atoms with Gasteiger partial charge in [0.15, 0.2) is 23.3 Å². The van der Waals surface area contributed by atoms with Crippen molar-refractivity contribution < 1.29 is 26.7 Å². The van der Waals surface area contributed by atoms with E-state index in [0.717, 1.165) is 30.2 Å². The van der Waals surface area contributed by atoms with E-state index in [0.29, 0.717) is 45.1 Å². The van der Waals surface area contributed by atoms with E-state index in [-0.39, 0.29) is 0 Å². The van der Waals surface area contributed by atoms with Gasteiger partial charge in [-0.2, -0.15) is 8.78 Å². The number of nitrogens with zero attached hydrogens (tertiary/aromatic N) is 3. The van der Waals surface area contributed by atoms with Crippen LogP contribution >= 0.6 is 11.3 Å². The van der Waals surface area contributed by atoms with Gasteiger partial charge in [0, 0.05) is 30.1 Å². The monoisotopic (exact) mass is 533 g/mol. The summed E-state index contributed by atoms with van der Waals surface area (Å²) in [6.07, 6.45) is 6.81. The van der Waals surface area contributed by atoms with Crippen molar-refractivity contribution >= 4 is 21.6 Å². The lowest BCUT2D eigenvalue weighted by molar-refractivity contribution is -0.185. The van der Waals surface area contributed by atoms with Gasteiger partial charge >= 0.3 is 6.11 Å². The summed E-state index contributed by atoms with van der Waals surface area (Å²) in [6.45, 7) is 2.31. The number of aryl methyl sites for hydroxylation is 1. The van der Waals surface area contributed by atoms with Crippen LogP contribution in [0.1, 0.15) is 49.6 Å². The number of ether oxygens (including phenoxy) is 1. The lowest BCUT2D eigenvalue weighted by atomic mass is 9.80. The zero-order valence-electron chi connectivity index (χ0n) is 20.0. The molecule has 2 aromatic heterocycles. The second-order valence-electron chi connectivity index (χ2n) is 9.60. The number of alkyl halides is 2. The van der Waals surface area contributed by atoms with Crippen LogP contribution in [0, 0.1) is 29.3 Å². The van der Waals surface area contributed by atoms with Crippen molar-refractivity contribution in [3.63, 3.8) is 0 Å². The van der Waals surface area contributed by atoms with Gasteiger partial charge < -0.3 is 4.74 Å². The summed E-state index contributed by atoms with van der Waals surface area (Å²) >= 11 is 0.668. The van der Waals surface area contributed by atoms with Gasteiger partial charge in [0.2, 0.25) is 5.01 Å². The van der Waals surface area contributed by atoms with Gasteiger partial charge in [0.05, 0.1) is 10.2 Å². The van der Waals surface area contributed by atoms with Crippen LogP contribution in [0.4, 0.5) is 22.0 Å². The molecule has 0 aliphatic heterocycles. The van der Waals surface area contributed by atoms with Gasteiger partial charge in [-0.05, 0) is 48.4 Å². The Hall–Kier alpha value is -3.14. The Morgan fingerprint density at radius 1 is 0.973 bits per heavy atom. The highest BCUT2D eigenvalue weighted by Crippen LogP contribution is 2.38. The fraction of sp³-hybridized carbons (Fsp3) is 0.370. The number of fused-ring (bicyclic) bond motifs is 1. The first-order chi connectivity index (χ1) is 17.7. The molecule has 1 fully saturated rings. The fourth-order valence-electron chi connectivity index (χ4n) is 4.59. The third-order valence-electron chi connectivity index (χ3n) is 6.78. The molecule has 4 aromatic rings. The molecule has 0 bridgehead atoms. The lowest BCUT2D eigenvalue weighted by Crippen LogP contribution is -2.21. The second kappa shape index (κ2) is 10.3. The minimum atomic E-state index is -3.99. The maximum Gasteiger partial charge on any atom is 0.454 e. The van der Waals surface area contributed by atoms with Crippen LogP contribution < -0.4 is 4.74 Å². The largest absolute Gasteiger partial charge is 0.454 e. The van der Waals surface area contributed by atoms with Crippen molar-refractivity contribution in [2.75, 3.05) is 0 Å². The Morgan fingerprint density at radius 3 is 2.32 bits per heavy atom. The number of hydrogen-bond donors (Lipinski definition) is 0. The first-order valence-corrected chi connectivity index (χ1v) is 12.9. The molecule has 1 saturated carbocycles. The highest BCUT2D eigenvalue weighted by molar-refractivity contribution is 7.18. The Bertz CT molecular complexity index is 1380. The Morgan fingerprint density at radius 2 is 1.65 bits per heavy atom. The normalized spacial score (nSPS) is 18.3. The number of hydrogen-bond acceptors (Lipinski definition) is 5. The third-order valence-corrected chi connectivity index (χ3v) is 7.85. The molecule has 37 heavy (non-hydrogen) atoms. The molecule has 0 amide bonds. The van der Waals surface area contributed by atoms with E-state index in [1.807, 2.05) is 0 Å². The summed E-state index contributed by atoms with van der Waals surface area (Å²) in [6, 6.07) is 5.62. The number of thiazole rings is 1. The number of benzene rings is 2. The highest BCUT2D eigenvalue weighted by Gasteiger charge is 2.39. The van der Waals surface area contributed by atoms with Gasteiger partial charge in [0.1, 0.15) is 5.75 Å². The molecular weight excluding hydrogens is 509 g/mol. The van der Waals surface area contributed by atoms with E-state index in [4.69, 9.17) is 0 Å². The van der Waals surface area contributed by atoms with Crippen molar-refractivity contribution in [3.05, 3.63) is 70.7 Å². The van der Waals surface area contributed by atoms with Crippen LogP contribution in [0.25, 0.3) is 21.6 Å². The minimum Gasteiger partial charge on any atom is -0.427 e. The quantitative estimate of drug-likeness (QED) is 0.178. The standard InChI is InChI=1S/C27H24F5N3OS/c1-15-2-4-16(5-3-15)6-7-17-13-33-25(34-14-17)18-8-9-22-23(10-18)37-26(35-22)27(31,32)36-19-11-20(28)24(30)21(29)12-19/h8-16H,2-7H2,1H3. The van der Waals surface area contributed by atoms with Crippen molar-refractivity contribution in [2.24, 2.45) is 11.8 Å². The minimum absolute atomic E-state index is 0.293. The van der Waals surface area contributed by atoms with Gasteiger partial charge in [-0.25, -0.2) is 28.1 Å². The van der Waals surface area contributed by atoms with Crippen molar-refractivity contribution in [1.82, 2.24) is 15.0 Å². The van der Waals surface area contributed by atoms with E-state index in [2.05, 4.69) is 26.6 Å². The highest BCUT2D eigenvalue weighted by atomic mass is 32.1. The van der Waals surface area contributed by atoms with Crippen LogP contribution in [0.15, 0.2) is 42.7 Å². The first kappa shape index (κ1) is 25.5. The molecule has 1 aliphatic carbocycles. The fourth-order valence-corrected chi connectivity index (χ4v) is 5.51. The molecular formula is C27H24F5N3OS. The van der Waals surface area contributed by atoms with Gasteiger partial charge in [0.25, 0.3) is 0 Å². The number of rotatable bonds is 7. The van der Waals surface area contributed by atoms with E-state index >= 15 is 0 Å². The molecule has 2 aromatic carbocycles. The topological polar surface area (TPSA) is 47.9 Å². The first-order valence-electron chi connectivity index (χ1n) is 12.1. The average molecular weight is 534 g/mol. The summed E-state index contributed by atoms with van der Waals surface area (Å²) in [5, 5.41) is -0.710. The SMILES string of the molecule is CC1CCC(CCc2cnc(-c3ccc4nc(C(F)(F)Oc5cc(F)c(F)c(F)c5)sc4c3)nc2)CC1. The van der Waals surface area contributed by atoms with Gasteiger partial charge in [-0.15, -0.1) is 11.3 Å². The van der Waals surface area contributed by atoms with E-state index < -0.39 is 34.3 Å². The molecule has 0 spiro atoms. The Kier molecular flexibility index (Phi) is 7.11. The second-order valence-corrected chi connectivity index (χ2v) is 10.6. The van der Waals surface area contributed by atoms with Crippen LogP contribution in [0.2, 0.25) is 0 Å². The molecule has 10 heteroatoms. The summed E-state index contributed by atoms with van der Waals surface area (Å²) < 4.78 is 74.2. The molecule has 0 N–H and O–H groups in total. The zero-order chi connectivity index (χ0) is 26.2. The molecule has 0 unspecified atom stereocenters. The predicted molar refractivity (Wildman–Crippen MR) is 131 cm³/mol. The Labute approximate surface area is 214 Å². The molecule has 194 valence electrons. The van der Waals surface area contributed by atoms with Crippen molar-refractivity contribution in [2.45, 2.75) is 51.6 Å². The van der Waals surface area contributed by atoms with E-state index in [9.17, 15) is 22.0 Å². The summed E-state index contributed by atoms with van der Waals surface area (Å²) in [7, 11) is 0. The maximum atomic E-state index is 14.7. The lowest BCUT2D eigenvalue weighted by Gasteiger charge is -2.25. The summed E-state index contributed by atoms with van der Waals surface area (Å²) in [5.41, 5.74) is 2.00. The molecule has 4 nitrogen and oxygen atoms in total. The van der Waals surface area contributed by atoms with Crippen LogP contribution in [-0.4, -0.2) is 15.0 Å². The smallest absolute Gasteiger partial charge is 0.427 e. The maximum absolute atomic E-state index is 14.7. The zero-order valence-corrected chi connectivity index (χ0v) is 20.8. The van der Waals surface area contributed by atoms with Crippen LogP contribution in [0.3, 0.4) is 0 Å².